The molecule has 2 heterocycles. The van der Waals surface area contributed by atoms with Gasteiger partial charge >= 0.3 is 0 Å². The number of aryl methyl sites for hydroxylation is 1. The van der Waals surface area contributed by atoms with Crippen molar-refractivity contribution >= 4 is 33.8 Å². The second-order valence-corrected chi connectivity index (χ2v) is 7.56. The summed E-state index contributed by atoms with van der Waals surface area (Å²) in [5.41, 5.74) is 4.84. The summed E-state index contributed by atoms with van der Waals surface area (Å²) < 4.78 is 0. The molecule has 1 amide bonds. The van der Waals surface area contributed by atoms with Crippen LogP contribution in [0, 0.1) is 6.92 Å². The van der Waals surface area contributed by atoms with Crippen LogP contribution < -0.4 is 5.01 Å². The van der Waals surface area contributed by atoms with Gasteiger partial charge in [0.2, 0.25) is 5.13 Å². The number of aliphatic hydroxyl groups is 1. The number of aromatic nitrogens is 1. The smallest absolute Gasteiger partial charge is 0.282 e. The predicted octanol–water partition coefficient (Wildman–Crippen LogP) is 4.49. The molecule has 2 aromatic carbocycles. The summed E-state index contributed by atoms with van der Waals surface area (Å²) >= 11 is 1.36. The van der Waals surface area contributed by atoms with Gasteiger partial charge in [-0.05, 0) is 31.5 Å². The molecule has 146 valence electrons. The van der Waals surface area contributed by atoms with Gasteiger partial charge in [0.05, 0.1) is 23.7 Å². The normalized spacial score (nSPS) is 16.7. The fourth-order valence-corrected chi connectivity index (χ4v) is 3.67. The first kappa shape index (κ1) is 19.1. The van der Waals surface area contributed by atoms with E-state index in [1.165, 1.54) is 21.9 Å². The Morgan fingerprint density at radius 3 is 2.72 bits per heavy atom. The van der Waals surface area contributed by atoms with E-state index in [0.717, 1.165) is 16.8 Å². The van der Waals surface area contributed by atoms with Gasteiger partial charge < -0.3 is 5.11 Å². The number of carbonyl (C=O) groups excluding carboxylic acids is 1. The highest BCUT2D eigenvalue weighted by Crippen LogP contribution is 2.30. The second kappa shape index (κ2) is 8.02. The van der Waals surface area contributed by atoms with Crippen molar-refractivity contribution in [3.05, 3.63) is 65.0 Å². The summed E-state index contributed by atoms with van der Waals surface area (Å²) in [6.07, 6.45) is 0. The number of hydrazone groups is 1. The minimum Gasteiger partial charge on any atom is -0.392 e. The molecule has 1 N–H and O–H groups in total. The first-order valence-corrected chi connectivity index (χ1v) is 9.95. The van der Waals surface area contributed by atoms with E-state index < -0.39 is 6.04 Å². The van der Waals surface area contributed by atoms with E-state index in [1.807, 2.05) is 36.6 Å². The van der Waals surface area contributed by atoms with Crippen LogP contribution in [0.4, 0.5) is 10.8 Å². The number of anilines is 1. The van der Waals surface area contributed by atoms with Crippen LogP contribution in [0.3, 0.4) is 0 Å². The van der Waals surface area contributed by atoms with E-state index >= 15 is 0 Å². The van der Waals surface area contributed by atoms with Gasteiger partial charge in [-0.25, -0.2) is 4.98 Å². The highest BCUT2D eigenvalue weighted by Gasteiger charge is 2.36. The van der Waals surface area contributed by atoms with Crippen molar-refractivity contribution in [3.8, 4) is 11.3 Å². The average Bonchev–Trinajstić information content (AvgIpc) is 3.32. The molecule has 0 fully saturated rings. The van der Waals surface area contributed by atoms with E-state index in [1.54, 1.807) is 31.2 Å². The molecule has 0 saturated carbocycles. The first-order valence-electron chi connectivity index (χ1n) is 9.07. The molecule has 0 aliphatic carbocycles. The van der Waals surface area contributed by atoms with Crippen LogP contribution in [0.2, 0.25) is 0 Å². The number of rotatable bonds is 5. The molecule has 1 aliphatic rings. The lowest BCUT2D eigenvalue weighted by Crippen LogP contribution is -2.29. The van der Waals surface area contributed by atoms with E-state index in [0.29, 0.717) is 16.5 Å². The van der Waals surface area contributed by atoms with Gasteiger partial charge in [0, 0.05) is 10.9 Å². The zero-order valence-electron chi connectivity index (χ0n) is 16.0. The van der Waals surface area contributed by atoms with Crippen molar-refractivity contribution in [1.82, 2.24) is 4.98 Å². The van der Waals surface area contributed by atoms with Gasteiger partial charge in [0.15, 0.2) is 6.04 Å². The van der Waals surface area contributed by atoms with Crippen LogP contribution in [0.15, 0.2) is 69.2 Å². The Labute approximate surface area is 172 Å². The molecule has 0 unspecified atom stereocenters. The average molecular weight is 405 g/mol. The number of nitrogens with zero attached hydrogens (tertiary/aromatic N) is 5. The third-order valence-electron chi connectivity index (χ3n) is 4.50. The maximum absolute atomic E-state index is 12.8. The lowest BCUT2D eigenvalue weighted by molar-refractivity contribution is -0.117. The highest BCUT2D eigenvalue weighted by molar-refractivity contribution is 7.14. The third-order valence-corrected chi connectivity index (χ3v) is 5.31. The molecule has 0 bridgehead atoms. The van der Waals surface area contributed by atoms with Crippen molar-refractivity contribution in [2.45, 2.75) is 26.5 Å². The number of azo groups is 1. The molecule has 3 aromatic rings. The summed E-state index contributed by atoms with van der Waals surface area (Å²) in [7, 11) is 0. The standard InChI is InChI=1S/C21H19N5O2S/c1-13-6-8-16(9-7-13)18-12-29-21(22-18)26-20(28)19(14(2)25-26)24-23-17-5-3-4-15(10-17)11-27/h3-10,12,19,27H,11H2,1-2H3/t19-/m0/s1. The van der Waals surface area contributed by atoms with Crippen molar-refractivity contribution in [2.24, 2.45) is 15.3 Å². The van der Waals surface area contributed by atoms with Crippen molar-refractivity contribution in [3.63, 3.8) is 0 Å². The van der Waals surface area contributed by atoms with Gasteiger partial charge in [0.25, 0.3) is 5.91 Å². The minimum absolute atomic E-state index is 0.0760. The van der Waals surface area contributed by atoms with E-state index in [4.69, 9.17) is 0 Å². The zero-order valence-corrected chi connectivity index (χ0v) is 16.8. The molecule has 29 heavy (non-hydrogen) atoms. The van der Waals surface area contributed by atoms with Gasteiger partial charge in [-0.1, -0.05) is 42.0 Å². The topological polar surface area (TPSA) is 90.5 Å². The molecular formula is C21H19N5O2S. The van der Waals surface area contributed by atoms with E-state index in [-0.39, 0.29) is 12.5 Å². The van der Waals surface area contributed by atoms with E-state index in [2.05, 4.69) is 20.3 Å². The molecule has 1 aliphatic heterocycles. The summed E-state index contributed by atoms with van der Waals surface area (Å²) in [6, 6.07) is 14.4. The quantitative estimate of drug-likeness (QED) is 0.634. The number of thiazole rings is 1. The minimum atomic E-state index is -0.778. The Balaban J connectivity index is 1.53. The molecule has 1 aromatic heterocycles. The van der Waals surface area contributed by atoms with Gasteiger partial charge in [-0.15, -0.1) is 11.3 Å². The molecule has 8 heteroatoms. The summed E-state index contributed by atoms with van der Waals surface area (Å²) in [6.45, 7) is 3.71. The molecule has 0 saturated heterocycles. The Morgan fingerprint density at radius 1 is 1.17 bits per heavy atom. The number of amides is 1. The van der Waals surface area contributed by atoms with Crippen LogP contribution in [0.25, 0.3) is 11.3 Å². The second-order valence-electron chi connectivity index (χ2n) is 6.72. The fourth-order valence-electron chi connectivity index (χ4n) is 2.89. The van der Waals surface area contributed by atoms with Gasteiger partial charge in [-0.3, -0.25) is 4.79 Å². The number of hydrogen-bond donors (Lipinski definition) is 1. The highest BCUT2D eigenvalue weighted by atomic mass is 32.1. The Kier molecular flexibility index (Phi) is 5.28. The number of carbonyl (C=O) groups is 1. The van der Waals surface area contributed by atoms with Crippen molar-refractivity contribution in [2.75, 3.05) is 5.01 Å². The lowest BCUT2D eigenvalue weighted by Gasteiger charge is -2.08. The molecular weight excluding hydrogens is 386 g/mol. The van der Waals surface area contributed by atoms with Crippen LogP contribution in [-0.2, 0) is 11.4 Å². The molecule has 7 nitrogen and oxygen atoms in total. The maximum atomic E-state index is 12.8. The van der Waals surface area contributed by atoms with E-state index in [9.17, 15) is 9.90 Å². The van der Waals surface area contributed by atoms with Crippen LogP contribution >= 0.6 is 11.3 Å². The van der Waals surface area contributed by atoms with Crippen molar-refractivity contribution < 1.29 is 9.90 Å². The Morgan fingerprint density at radius 2 is 1.97 bits per heavy atom. The maximum Gasteiger partial charge on any atom is 0.282 e. The number of hydrogen-bond acceptors (Lipinski definition) is 7. The molecule has 0 radical (unpaired) electrons. The zero-order chi connectivity index (χ0) is 20.4. The Hall–Kier alpha value is -3.23. The van der Waals surface area contributed by atoms with Crippen LogP contribution in [0.1, 0.15) is 18.1 Å². The SMILES string of the molecule is CC1=NN(c2nc(-c3ccc(C)cc3)cs2)C(=O)[C@H]1N=Nc1cccc(CO)c1. The third kappa shape index (κ3) is 3.98. The first-order chi connectivity index (χ1) is 14.0. The predicted molar refractivity (Wildman–Crippen MR) is 114 cm³/mol. The van der Waals surface area contributed by atoms with Crippen LogP contribution in [-0.4, -0.2) is 27.8 Å². The summed E-state index contributed by atoms with van der Waals surface area (Å²) in [4.78, 5) is 17.4. The summed E-state index contributed by atoms with van der Waals surface area (Å²) in [5.74, 6) is -0.283. The number of benzene rings is 2. The summed E-state index contributed by atoms with van der Waals surface area (Å²) in [5, 5.41) is 25.6. The monoisotopic (exact) mass is 405 g/mol. The van der Waals surface area contributed by atoms with Gasteiger partial charge in [0.1, 0.15) is 0 Å². The number of aliphatic hydroxyl groups excluding tert-OH is 1. The molecule has 1 atom stereocenters. The van der Waals surface area contributed by atoms with Crippen molar-refractivity contribution in [1.29, 1.82) is 0 Å². The Bertz CT molecular complexity index is 1100. The van der Waals surface area contributed by atoms with Gasteiger partial charge in [-0.2, -0.15) is 20.3 Å². The fraction of sp³-hybridized carbons (Fsp3) is 0.190. The molecule has 0 spiro atoms. The molecule has 4 rings (SSSR count). The van der Waals surface area contributed by atoms with Crippen LogP contribution in [0.5, 0.6) is 0 Å². The largest absolute Gasteiger partial charge is 0.392 e. The lowest BCUT2D eigenvalue weighted by atomic mass is 10.1.